The standard InChI is InChI=1S/C20H23NO3/c1-21-14-8-13-18(15-21)24-19(22)20(23,16-9-4-2-5-10-16)17-11-6-3-7-12-17/h2-7,9-12,18,23H,8,13-15H2,1H3/t18-/m0/s1. The number of hydrogen-bond acceptors (Lipinski definition) is 4. The second-order valence-corrected chi connectivity index (χ2v) is 6.37. The topological polar surface area (TPSA) is 49.8 Å². The third-order valence-corrected chi connectivity index (χ3v) is 4.53. The van der Waals surface area contributed by atoms with Crippen LogP contribution in [0.2, 0.25) is 0 Å². The minimum atomic E-state index is -1.79. The third kappa shape index (κ3) is 3.35. The van der Waals surface area contributed by atoms with E-state index in [1.807, 2.05) is 43.4 Å². The van der Waals surface area contributed by atoms with Crippen molar-refractivity contribution in [2.45, 2.75) is 24.5 Å². The molecule has 1 saturated heterocycles. The van der Waals surface area contributed by atoms with Gasteiger partial charge in [-0.15, -0.1) is 0 Å². The van der Waals surface area contributed by atoms with E-state index in [0.717, 1.165) is 19.4 Å². The molecule has 2 aromatic carbocycles. The molecule has 1 aliphatic rings. The molecule has 1 aliphatic heterocycles. The summed E-state index contributed by atoms with van der Waals surface area (Å²) >= 11 is 0. The molecule has 0 radical (unpaired) electrons. The Morgan fingerprint density at radius 1 is 1.08 bits per heavy atom. The summed E-state index contributed by atoms with van der Waals surface area (Å²) in [6, 6.07) is 18.0. The van der Waals surface area contributed by atoms with Crippen LogP contribution in [-0.4, -0.2) is 42.2 Å². The third-order valence-electron chi connectivity index (χ3n) is 4.53. The fraction of sp³-hybridized carbons (Fsp3) is 0.350. The molecule has 1 N–H and O–H groups in total. The summed E-state index contributed by atoms with van der Waals surface area (Å²) < 4.78 is 5.71. The lowest BCUT2D eigenvalue weighted by molar-refractivity contribution is -0.170. The molecule has 0 unspecified atom stereocenters. The number of piperidine rings is 1. The number of hydrogen-bond donors (Lipinski definition) is 1. The van der Waals surface area contributed by atoms with E-state index in [1.54, 1.807) is 24.3 Å². The first-order valence-corrected chi connectivity index (χ1v) is 8.34. The molecule has 0 amide bonds. The van der Waals surface area contributed by atoms with E-state index in [9.17, 15) is 9.90 Å². The average Bonchev–Trinajstić information content (AvgIpc) is 2.62. The first-order valence-electron chi connectivity index (χ1n) is 8.34. The summed E-state index contributed by atoms with van der Waals surface area (Å²) in [5, 5.41) is 11.3. The van der Waals surface area contributed by atoms with Crippen molar-refractivity contribution in [3.8, 4) is 0 Å². The van der Waals surface area contributed by atoms with Gasteiger partial charge >= 0.3 is 5.97 Å². The summed E-state index contributed by atoms with van der Waals surface area (Å²) in [5.41, 5.74) is -0.755. The van der Waals surface area contributed by atoms with E-state index < -0.39 is 11.6 Å². The number of ether oxygens (including phenoxy) is 1. The van der Waals surface area contributed by atoms with Gasteiger partial charge in [0.2, 0.25) is 5.60 Å². The number of esters is 1. The van der Waals surface area contributed by atoms with Gasteiger partial charge < -0.3 is 14.7 Å². The number of benzene rings is 2. The molecular weight excluding hydrogens is 302 g/mol. The number of nitrogens with zero attached hydrogens (tertiary/aromatic N) is 1. The number of likely N-dealkylation sites (N-methyl/N-ethyl adjacent to an activating group) is 1. The quantitative estimate of drug-likeness (QED) is 0.878. The van der Waals surface area contributed by atoms with Crippen LogP contribution in [0.3, 0.4) is 0 Å². The van der Waals surface area contributed by atoms with E-state index in [0.29, 0.717) is 17.7 Å². The number of aliphatic hydroxyl groups is 1. The second-order valence-electron chi connectivity index (χ2n) is 6.37. The molecule has 1 atom stereocenters. The minimum Gasteiger partial charge on any atom is -0.458 e. The summed E-state index contributed by atoms with van der Waals surface area (Å²) in [6.45, 7) is 1.71. The first-order chi connectivity index (χ1) is 11.6. The number of rotatable bonds is 4. The zero-order valence-electron chi connectivity index (χ0n) is 13.9. The predicted molar refractivity (Wildman–Crippen MR) is 92.5 cm³/mol. The van der Waals surface area contributed by atoms with Crippen molar-refractivity contribution >= 4 is 5.97 Å². The summed E-state index contributed by atoms with van der Waals surface area (Å²) in [4.78, 5) is 15.1. The molecule has 3 rings (SSSR count). The van der Waals surface area contributed by atoms with Gasteiger partial charge in [-0.05, 0) is 37.6 Å². The van der Waals surface area contributed by atoms with Gasteiger partial charge in [0.25, 0.3) is 0 Å². The fourth-order valence-corrected chi connectivity index (χ4v) is 3.21. The van der Waals surface area contributed by atoms with Crippen LogP contribution in [0.25, 0.3) is 0 Å². The van der Waals surface area contributed by atoms with Crippen molar-refractivity contribution in [2.24, 2.45) is 0 Å². The Morgan fingerprint density at radius 2 is 1.62 bits per heavy atom. The Balaban J connectivity index is 1.91. The SMILES string of the molecule is CN1CCC[C@H](OC(=O)C(O)(c2ccccc2)c2ccccc2)C1. The fourth-order valence-electron chi connectivity index (χ4n) is 3.21. The highest BCUT2D eigenvalue weighted by Crippen LogP contribution is 2.32. The lowest BCUT2D eigenvalue weighted by Crippen LogP contribution is -2.44. The lowest BCUT2D eigenvalue weighted by atomic mass is 9.86. The number of carbonyl (C=O) groups excluding carboxylic acids is 1. The first kappa shape index (κ1) is 16.7. The zero-order valence-corrected chi connectivity index (χ0v) is 13.9. The minimum absolute atomic E-state index is 0.185. The molecule has 1 fully saturated rings. The Hall–Kier alpha value is -2.17. The van der Waals surface area contributed by atoms with E-state index >= 15 is 0 Å². The summed E-state index contributed by atoms with van der Waals surface area (Å²) in [6.07, 6.45) is 1.63. The van der Waals surface area contributed by atoms with Crippen molar-refractivity contribution in [1.82, 2.24) is 4.90 Å². The number of likely N-dealkylation sites (tertiary alicyclic amines) is 1. The van der Waals surface area contributed by atoms with Gasteiger partial charge in [0, 0.05) is 6.54 Å². The van der Waals surface area contributed by atoms with Crippen molar-refractivity contribution in [2.75, 3.05) is 20.1 Å². The van der Waals surface area contributed by atoms with Gasteiger partial charge in [0.15, 0.2) is 0 Å². The van der Waals surface area contributed by atoms with Gasteiger partial charge in [-0.1, -0.05) is 60.7 Å². The van der Waals surface area contributed by atoms with Crippen LogP contribution in [0.5, 0.6) is 0 Å². The summed E-state index contributed by atoms with van der Waals surface area (Å²) in [7, 11) is 2.01. The van der Waals surface area contributed by atoms with Crippen LogP contribution in [0, 0.1) is 0 Å². The maximum Gasteiger partial charge on any atom is 0.348 e. The highest BCUT2D eigenvalue weighted by Gasteiger charge is 2.42. The van der Waals surface area contributed by atoms with E-state index in [4.69, 9.17) is 4.74 Å². The molecule has 126 valence electrons. The zero-order chi connectivity index (χ0) is 17.0. The van der Waals surface area contributed by atoms with Gasteiger partial charge in [0.1, 0.15) is 6.10 Å². The molecule has 0 spiro atoms. The second kappa shape index (κ2) is 7.16. The van der Waals surface area contributed by atoms with E-state index in [-0.39, 0.29) is 6.10 Å². The largest absolute Gasteiger partial charge is 0.458 e. The van der Waals surface area contributed by atoms with Gasteiger partial charge in [-0.25, -0.2) is 4.79 Å². The van der Waals surface area contributed by atoms with Crippen molar-refractivity contribution in [1.29, 1.82) is 0 Å². The van der Waals surface area contributed by atoms with Crippen LogP contribution in [0.1, 0.15) is 24.0 Å². The molecule has 4 nitrogen and oxygen atoms in total. The lowest BCUT2D eigenvalue weighted by Gasteiger charge is -2.33. The van der Waals surface area contributed by atoms with Crippen LogP contribution >= 0.6 is 0 Å². The van der Waals surface area contributed by atoms with Gasteiger partial charge in [0.05, 0.1) is 0 Å². The van der Waals surface area contributed by atoms with Gasteiger partial charge in [-0.3, -0.25) is 0 Å². The molecule has 4 heteroatoms. The molecule has 2 aromatic rings. The molecular formula is C20H23NO3. The predicted octanol–water partition coefficient (Wildman–Crippen LogP) is 2.56. The van der Waals surface area contributed by atoms with Crippen LogP contribution in [-0.2, 0) is 15.1 Å². The monoisotopic (exact) mass is 325 g/mol. The van der Waals surface area contributed by atoms with Crippen molar-refractivity contribution in [3.05, 3.63) is 71.8 Å². The smallest absolute Gasteiger partial charge is 0.348 e. The highest BCUT2D eigenvalue weighted by atomic mass is 16.6. The normalized spacial score (nSPS) is 19.0. The van der Waals surface area contributed by atoms with Crippen molar-refractivity contribution < 1.29 is 14.6 Å². The van der Waals surface area contributed by atoms with Crippen molar-refractivity contribution in [3.63, 3.8) is 0 Å². The molecule has 0 aliphatic carbocycles. The Labute approximate surface area is 142 Å². The Bertz CT molecular complexity index is 632. The average molecular weight is 325 g/mol. The molecule has 24 heavy (non-hydrogen) atoms. The van der Waals surface area contributed by atoms with E-state index in [1.165, 1.54) is 0 Å². The highest BCUT2D eigenvalue weighted by molar-refractivity contribution is 5.85. The molecule has 1 heterocycles. The van der Waals surface area contributed by atoms with Gasteiger partial charge in [-0.2, -0.15) is 0 Å². The Kier molecular flexibility index (Phi) is 4.97. The molecule has 0 aromatic heterocycles. The molecule has 0 saturated carbocycles. The maximum absolute atomic E-state index is 13.0. The Morgan fingerprint density at radius 3 is 2.12 bits per heavy atom. The van der Waals surface area contributed by atoms with E-state index in [2.05, 4.69) is 4.90 Å². The number of carbonyl (C=O) groups is 1. The summed E-state index contributed by atoms with van der Waals surface area (Å²) in [5.74, 6) is -0.611. The van der Waals surface area contributed by atoms with Crippen LogP contribution in [0.15, 0.2) is 60.7 Å². The van der Waals surface area contributed by atoms with Crippen LogP contribution in [0.4, 0.5) is 0 Å². The van der Waals surface area contributed by atoms with Crippen LogP contribution < -0.4 is 0 Å². The molecule has 0 bridgehead atoms. The maximum atomic E-state index is 13.0.